The van der Waals surface area contributed by atoms with Crippen LogP contribution in [0.3, 0.4) is 0 Å². The number of nitrogens with one attached hydrogen (secondary N) is 1. The van der Waals surface area contributed by atoms with E-state index in [-0.39, 0.29) is 12.4 Å². The van der Waals surface area contributed by atoms with Gasteiger partial charge in [-0.15, -0.1) is 5.10 Å². The number of hydrogen-bond acceptors (Lipinski definition) is 6. The summed E-state index contributed by atoms with van der Waals surface area (Å²) in [5, 5.41) is 19.7. The molecule has 0 aliphatic heterocycles. The quantitative estimate of drug-likeness (QED) is 0.500. The Balaban J connectivity index is 0.00000144. The lowest BCUT2D eigenvalue weighted by atomic mass is 10.3. The van der Waals surface area contributed by atoms with Gasteiger partial charge in [0.2, 0.25) is 5.16 Å². The largest absolute Gasteiger partial charge is 1.00 e. The van der Waals surface area contributed by atoms with Gasteiger partial charge in [0.15, 0.2) is 0 Å². The van der Waals surface area contributed by atoms with Crippen LogP contribution in [0.2, 0.25) is 0 Å². The predicted octanol–water partition coefficient (Wildman–Crippen LogP) is -1.84. The Hall–Kier alpha value is -0.630. The molecule has 5 nitrogen and oxygen atoms in total. The molecule has 1 N–H and O–H groups in total. The Morgan fingerprint density at radius 1 is 1.53 bits per heavy atom. The number of thiophene rings is 1. The summed E-state index contributed by atoms with van der Waals surface area (Å²) in [4.78, 5) is 0. The third kappa shape index (κ3) is 4.63. The van der Waals surface area contributed by atoms with Gasteiger partial charge in [-0.05, 0) is 32.8 Å². The van der Waals surface area contributed by atoms with Crippen molar-refractivity contribution >= 4 is 23.1 Å². The molecule has 0 spiro atoms. The first-order chi connectivity index (χ1) is 7.86. The van der Waals surface area contributed by atoms with Crippen LogP contribution in [0, 0.1) is 0 Å². The molecule has 0 atom stereocenters. The SMILES string of the molecule is Cn1nnnc1SCCNCc1ccsc1.[Cl-]. The van der Waals surface area contributed by atoms with E-state index in [1.54, 1.807) is 27.8 Å². The second kappa shape index (κ2) is 7.65. The molecule has 0 amide bonds. The molecule has 2 heterocycles. The zero-order valence-corrected chi connectivity index (χ0v) is 11.7. The summed E-state index contributed by atoms with van der Waals surface area (Å²) < 4.78 is 1.68. The number of nitrogens with zero attached hydrogens (tertiary/aromatic N) is 4. The molecule has 8 heteroatoms. The van der Waals surface area contributed by atoms with E-state index < -0.39 is 0 Å². The number of aromatic nitrogens is 4. The summed E-state index contributed by atoms with van der Waals surface area (Å²) >= 11 is 3.39. The average molecular weight is 291 g/mol. The molecule has 2 aromatic heterocycles. The van der Waals surface area contributed by atoms with Crippen LogP contribution in [0.25, 0.3) is 0 Å². The summed E-state index contributed by atoms with van der Waals surface area (Å²) in [6.45, 7) is 1.88. The zero-order chi connectivity index (χ0) is 11.2. The van der Waals surface area contributed by atoms with Gasteiger partial charge in [0.25, 0.3) is 0 Å². The van der Waals surface area contributed by atoms with Gasteiger partial charge in [0.1, 0.15) is 0 Å². The van der Waals surface area contributed by atoms with E-state index >= 15 is 0 Å². The molecule has 0 unspecified atom stereocenters. The highest BCUT2D eigenvalue weighted by Crippen LogP contribution is 2.11. The monoisotopic (exact) mass is 290 g/mol. The van der Waals surface area contributed by atoms with Crippen molar-refractivity contribution < 1.29 is 12.4 Å². The minimum atomic E-state index is 0. The van der Waals surface area contributed by atoms with Crippen LogP contribution in [-0.2, 0) is 13.6 Å². The molecule has 0 bridgehead atoms. The van der Waals surface area contributed by atoms with Crippen molar-refractivity contribution in [3.63, 3.8) is 0 Å². The molecule has 0 saturated heterocycles. The topological polar surface area (TPSA) is 55.6 Å². The van der Waals surface area contributed by atoms with Crippen LogP contribution < -0.4 is 17.7 Å². The van der Waals surface area contributed by atoms with Crippen LogP contribution in [0.5, 0.6) is 0 Å². The van der Waals surface area contributed by atoms with E-state index in [9.17, 15) is 0 Å². The van der Waals surface area contributed by atoms with Crippen LogP contribution in [0.15, 0.2) is 22.0 Å². The lowest BCUT2D eigenvalue weighted by Gasteiger charge is -2.02. The van der Waals surface area contributed by atoms with Crippen LogP contribution >= 0.6 is 23.1 Å². The first kappa shape index (κ1) is 14.4. The lowest BCUT2D eigenvalue weighted by Crippen LogP contribution is -3.00. The molecule has 17 heavy (non-hydrogen) atoms. The van der Waals surface area contributed by atoms with Crippen LogP contribution in [0.1, 0.15) is 5.56 Å². The Morgan fingerprint density at radius 2 is 2.41 bits per heavy atom. The lowest BCUT2D eigenvalue weighted by molar-refractivity contribution is -0.00000345. The summed E-state index contributed by atoms with van der Waals surface area (Å²) in [6.07, 6.45) is 0. The Kier molecular flexibility index (Phi) is 6.49. The second-order valence-electron chi connectivity index (χ2n) is 3.24. The van der Waals surface area contributed by atoms with Crippen molar-refractivity contribution in [2.75, 3.05) is 12.3 Å². The number of thioether (sulfide) groups is 1. The summed E-state index contributed by atoms with van der Waals surface area (Å²) in [5.41, 5.74) is 1.34. The first-order valence-electron chi connectivity index (χ1n) is 4.93. The van der Waals surface area contributed by atoms with Gasteiger partial charge in [-0.1, -0.05) is 11.8 Å². The highest BCUT2D eigenvalue weighted by atomic mass is 35.5. The number of aryl methyl sites for hydroxylation is 1. The number of hydrogen-bond donors (Lipinski definition) is 1. The highest BCUT2D eigenvalue weighted by Gasteiger charge is 2.01. The normalized spacial score (nSPS) is 10.2. The van der Waals surface area contributed by atoms with Crippen molar-refractivity contribution in [3.8, 4) is 0 Å². The Labute approximate surface area is 114 Å². The second-order valence-corrected chi connectivity index (χ2v) is 5.08. The minimum absolute atomic E-state index is 0. The minimum Gasteiger partial charge on any atom is -1.00 e. The fraction of sp³-hybridized carbons (Fsp3) is 0.444. The molecule has 0 radical (unpaired) electrons. The van der Waals surface area contributed by atoms with Gasteiger partial charge in [-0.3, -0.25) is 0 Å². The molecule has 0 saturated carbocycles. The molecular formula is C9H13ClN5S2-. The summed E-state index contributed by atoms with van der Waals surface area (Å²) in [6, 6.07) is 2.14. The van der Waals surface area contributed by atoms with E-state index in [0.717, 1.165) is 24.0 Å². The van der Waals surface area contributed by atoms with Gasteiger partial charge in [-0.25, -0.2) is 4.68 Å². The van der Waals surface area contributed by atoms with Gasteiger partial charge < -0.3 is 17.7 Å². The van der Waals surface area contributed by atoms with Gasteiger partial charge in [0.05, 0.1) is 0 Å². The van der Waals surface area contributed by atoms with Gasteiger partial charge in [-0.2, -0.15) is 11.3 Å². The predicted molar refractivity (Wildman–Crippen MR) is 65.5 cm³/mol. The standard InChI is InChI=1S/C9H13N5S2.ClH/c1-14-9(11-12-13-14)16-5-3-10-6-8-2-4-15-7-8;/h2,4,7,10H,3,5-6H2,1H3;1H/p-1. The Bertz CT molecular complexity index is 417. The van der Waals surface area contributed by atoms with Crippen molar-refractivity contribution in [1.82, 2.24) is 25.5 Å². The van der Waals surface area contributed by atoms with E-state index in [0.29, 0.717) is 0 Å². The van der Waals surface area contributed by atoms with Crippen LogP contribution in [0.4, 0.5) is 0 Å². The molecule has 0 aliphatic rings. The van der Waals surface area contributed by atoms with Crippen molar-refractivity contribution in [3.05, 3.63) is 22.4 Å². The molecule has 2 aromatic rings. The molecule has 0 fully saturated rings. The summed E-state index contributed by atoms with van der Waals surface area (Å²) in [7, 11) is 1.85. The molecular weight excluding hydrogens is 278 g/mol. The van der Waals surface area contributed by atoms with Crippen LogP contribution in [-0.4, -0.2) is 32.5 Å². The van der Waals surface area contributed by atoms with Gasteiger partial charge >= 0.3 is 0 Å². The van der Waals surface area contributed by atoms with Crippen molar-refractivity contribution in [2.45, 2.75) is 11.7 Å². The number of tetrazole rings is 1. The molecule has 2 rings (SSSR count). The van der Waals surface area contributed by atoms with E-state index in [2.05, 4.69) is 37.7 Å². The molecule has 0 aliphatic carbocycles. The summed E-state index contributed by atoms with van der Waals surface area (Å²) in [5.74, 6) is 0.971. The molecule has 94 valence electrons. The maximum Gasteiger partial charge on any atom is 0.209 e. The third-order valence-corrected chi connectivity index (χ3v) is 3.74. The zero-order valence-electron chi connectivity index (χ0n) is 9.34. The Morgan fingerprint density at radius 3 is 3.06 bits per heavy atom. The average Bonchev–Trinajstić information content (AvgIpc) is 2.90. The van der Waals surface area contributed by atoms with Gasteiger partial charge in [0, 0.05) is 25.9 Å². The number of halogens is 1. The fourth-order valence-electron chi connectivity index (χ4n) is 1.18. The van der Waals surface area contributed by atoms with E-state index in [4.69, 9.17) is 0 Å². The van der Waals surface area contributed by atoms with Crippen molar-refractivity contribution in [1.29, 1.82) is 0 Å². The fourth-order valence-corrected chi connectivity index (χ4v) is 2.60. The van der Waals surface area contributed by atoms with E-state index in [1.165, 1.54) is 5.56 Å². The maximum atomic E-state index is 3.90. The highest BCUT2D eigenvalue weighted by molar-refractivity contribution is 7.99. The number of rotatable bonds is 6. The van der Waals surface area contributed by atoms with Crippen molar-refractivity contribution in [2.24, 2.45) is 7.05 Å². The first-order valence-corrected chi connectivity index (χ1v) is 6.86. The van der Waals surface area contributed by atoms with E-state index in [1.807, 2.05) is 7.05 Å². The molecule has 0 aromatic carbocycles. The third-order valence-electron chi connectivity index (χ3n) is 2.00. The smallest absolute Gasteiger partial charge is 0.209 e. The maximum absolute atomic E-state index is 3.90.